The van der Waals surface area contributed by atoms with Gasteiger partial charge in [-0.3, -0.25) is 0 Å². The molecule has 18 heteroatoms. The molecule has 0 rings (SSSR count). The Hall–Kier alpha value is -2.73. The van der Waals surface area contributed by atoms with Crippen molar-refractivity contribution in [1.82, 2.24) is 0 Å². The average Bonchev–Trinajstić information content (AvgIpc) is 2.20. The molecule has 0 spiro atoms. The van der Waals surface area contributed by atoms with E-state index < -0.39 is 40.9 Å². The Balaban J connectivity index is -0.0000000242. The van der Waals surface area contributed by atoms with Crippen LogP contribution in [0.4, 0.5) is 0 Å². The van der Waals surface area contributed by atoms with Crippen molar-refractivity contribution in [1.29, 1.82) is 0 Å². The minimum Gasteiger partial charge on any atom is -0.550 e. The summed E-state index contributed by atoms with van der Waals surface area (Å²) in [4.78, 5) is 61.7. The molecule has 178 valence electrons. The van der Waals surface area contributed by atoms with Gasteiger partial charge in [-0.25, -0.2) is 0 Å². The smallest absolute Gasteiger partial charge is 0.550 e. The Morgan fingerprint density at radius 1 is 0.500 bits per heavy atom. The summed E-state index contributed by atoms with van der Waals surface area (Å²) < 4.78 is 0. The van der Waals surface area contributed by atoms with E-state index in [0.717, 1.165) is 41.5 Å². The predicted octanol–water partition coefficient (Wildman–Crippen LogP) is -7.82. The van der Waals surface area contributed by atoms with Gasteiger partial charge in [0.05, 0.1) is 0 Å². The van der Waals surface area contributed by atoms with Gasteiger partial charge in [0.2, 0.25) is 0 Å². The molecule has 0 fully saturated rings. The molecular formula is C12H19NO15Ru2. The minimum atomic E-state index is -1.50. The second-order valence-corrected chi connectivity index (χ2v) is 3.19. The molecule has 30 heavy (non-hydrogen) atoms. The van der Waals surface area contributed by atoms with Crippen molar-refractivity contribution in [2.75, 3.05) is 0 Å². The molecule has 1 N–H and O–H groups in total. The van der Waals surface area contributed by atoms with E-state index in [1.807, 2.05) is 0 Å². The van der Waals surface area contributed by atoms with E-state index in [1.54, 1.807) is 0 Å². The van der Waals surface area contributed by atoms with Crippen molar-refractivity contribution in [3.8, 4) is 0 Å². The number of carbonyl (C=O) groups is 6. The van der Waals surface area contributed by atoms with Gasteiger partial charge in [0.25, 0.3) is 5.09 Å². The van der Waals surface area contributed by atoms with Crippen molar-refractivity contribution < 1.29 is 109 Å². The molecule has 0 aliphatic carbocycles. The second kappa shape index (κ2) is 50.3. The summed E-state index contributed by atoms with van der Waals surface area (Å²) in [6, 6.07) is 0. The Morgan fingerprint density at radius 2 is 0.500 bits per heavy atom. The predicted molar refractivity (Wildman–Crippen MR) is 72.9 cm³/mol. The number of carboxylic acid groups (broad SMARTS) is 6. The van der Waals surface area contributed by atoms with Crippen LogP contribution in [-0.2, 0) is 67.7 Å². The fourth-order valence-electron chi connectivity index (χ4n) is 0. The summed E-state index contributed by atoms with van der Waals surface area (Å²) >= 11 is 0. The Labute approximate surface area is 196 Å². The topological polar surface area (TPSA) is 304 Å². The molecule has 2 radical (unpaired) electrons. The van der Waals surface area contributed by atoms with Crippen LogP contribution in [-0.4, -0.2) is 46.1 Å². The summed E-state index contributed by atoms with van der Waals surface area (Å²) in [6.45, 7) is 5.83. The Bertz CT molecular complexity index is 323. The van der Waals surface area contributed by atoms with Crippen molar-refractivity contribution in [2.45, 2.75) is 41.5 Å². The molecule has 0 atom stereocenters. The summed E-state index contributed by atoms with van der Waals surface area (Å²) in [5.74, 6) is -6.50. The number of carbonyl (C=O) groups excluding carboxylic acids is 6. The number of carboxylic acids is 6. The molecule has 0 aliphatic heterocycles. The molecule has 0 unspecified atom stereocenters. The monoisotopic (exact) mass is 621 g/mol. The minimum absolute atomic E-state index is 0. The quantitative estimate of drug-likeness (QED) is 0.149. The first-order valence-electron chi connectivity index (χ1n) is 6.01. The fourth-order valence-corrected chi connectivity index (χ4v) is 0. The summed E-state index contributed by atoms with van der Waals surface area (Å²) in [5.41, 5.74) is 0. The van der Waals surface area contributed by atoms with Crippen LogP contribution in [0.25, 0.3) is 0 Å². The van der Waals surface area contributed by atoms with E-state index in [-0.39, 0.29) is 39.0 Å². The maximum Gasteiger partial charge on any atom is 3.00 e. The maximum atomic E-state index is 8.89. The van der Waals surface area contributed by atoms with Crippen LogP contribution in [0.15, 0.2) is 0 Å². The van der Waals surface area contributed by atoms with Crippen LogP contribution in [0.2, 0.25) is 0 Å². The van der Waals surface area contributed by atoms with E-state index in [0.29, 0.717) is 0 Å². The normalized spacial score (nSPS) is 5.80. The average molecular weight is 619 g/mol. The molecule has 0 saturated heterocycles. The third-order valence-corrected chi connectivity index (χ3v) is 0. The zero-order chi connectivity index (χ0) is 25.0. The second-order valence-electron chi connectivity index (χ2n) is 3.19. The van der Waals surface area contributed by atoms with E-state index in [4.69, 9.17) is 74.7 Å². The van der Waals surface area contributed by atoms with Gasteiger partial charge in [0, 0.05) is 35.8 Å². The summed E-state index contributed by atoms with van der Waals surface area (Å²) in [7, 11) is 0. The van der Waals surface area contributed by atoms with Gasteiger partial charge in [-0.15, -0.1) is 10.1 Å². The van der Waals surface area contributed by atoms with Gasteiger partial charge in [0.15, 0.2) is 0 Å². The van der Waals surface area contributed by atoms with Crippen LogP contribution in [0.1, 0.15) is 41.5 Å². The van der Waals surface area contributed by atoms with Gasteiger partial charge in [-0.05, 0) is 41.5 Å². The molecule has 0 aromatic heterocycles. The van der Waals surface area contributed by atoms with Crippen molar-refractivity contribution in [2.24, 2.45) is 0 Å². The molecule has 16 nitrogen and oxygen atoms in total. The van der Waals surface area contributed by atoms with Gasteiger partial charge < -0.3 is 64.6 Å². The molecule has 0 aromatic rings. The van der Waals surface area contributed by atoms with Gasteiger partial charge in [-0.2, -0.15) is 0 Å². The summed E-state index contributed by atoms with van der Waals surface area (Å²) in [5, 5.41) is 67.0. The number of hydrogen-bond acceptors (Lipinski definition) is 14. The molecular weight excluding hydrogens is 600 g/mol. The van der Waals surface area contributed by atoms with E-state index in [1.165, 1.54) is 0 Å². The summed E-state index contributed by atoms with van der Waals surface area (Å²) in [6.07, 6.45) is 0. The fraction of sp³-hybridized carbons (Fsp3) is 0.500. The van der Waals surface area contributed by atoms with Crippen molar-refractivity contribution >= 4 is 35.8 Å². The standard InChI is InChI=1S/6C2H4O2.HNO3.2Ru/c6*1-2(3)4;2-1(3)4;;/h6*1H3,(H,3,4);(H,2,3,4);;/q;;;;;;;2*+3/p-6. The van der Waals surface area contributed by atoms with Crippen LogP contribution >= 0.6 is 0 Å². The molecule has 0 heterocycles. The largest absolute Gasteiger partial charge is 3.00 e. The van der Waals surface area contributed by atoms with E-state index in [9.17, 15) is 0 Å². The van der Waals surface area contributed by atoms with Crippen LogP contribution in [0.5, 0.6) is 0 Å². The SMILES string of the molecule is CC(=O)[O-].CC(=O)[O-].CC(=O)[O-].CC(=O)[O-].CC(=O)[O-].CC(=O)[O-].O=[N+]([O-])O.[Ru+3].[Ru+3]. The first kappa shape index (κ1) is 56.4. The molecule has 0 bridgehead atoms. The van der Waals surface area contributed by atoms with Crippen molar-refractivity contribution in [3.05, 3.63) is 10.1 Å². The van der Waals surface area contributed by atoms with E-state index >= 15 is 0 Å². The molecule has 0 amide bonds. The zero-order valence-electron chi connectivity index (χ0n) is 16.3. The number of nitrogens with zero attached hydrogens (tertiary/aromatic N) is 1. The molecule has 0 aromatic carbocycles. The van der Waals surface area contributed by atoms with E-state index in [2.05, 4.69) is 0 Å². The third kappa shape index (κ3) is 1990. The third-order valence-electron chi connectivity index (χ3n) is 0. The number of hydrogen-bond donors (Lipinski definition) is 1. The zero-order valence-corrected chi connectivity index (χ0v) is 19.8. The molecule has 0 saturated carbocycles. The number of rotatable bonds is 0. The molecule has 0 aliphatic rings. The van der Waals surface area contributed by atoms with Crippen molar-refractivity contribution in [3.63, 3.8) is 0 Å². The van der Waals surface area contributed by atoms with Crippen LogP contribution in [0, 0.1) is 10.1 Å². The number of aliphatic carboxylic acids is 6. The van der Waals surface area contributed by atoms with Gasteiger partial charge in [-0.1, -0.05) is 0 Å². The first-order valence-corrected chi connectivity index (χ1v) is 6.01. The van der Waals surface area contributed by atoms with Gasteiger partial charge >= 0.3 is 39.0 Å². The van der Waals surface area contributed by atoms with Crippen LogP contribution < -0.4 is 30.6 Å². The van der Waals surface area contributed by atoms with Gasteiger partial charge in [0.1, 0.15) is 0 Å². The Morgan fingerprint density at radius 3 is 0.500 bits per heavy atom. The Kier molecular flexibility index (Phi) is 94.4. The first-order chi connectivity index (χ1) is 12.1. The van der Waals surface area contributed by atoms with Crippen LogP contribution in [0.3, 0.4) is 0 Å². The maximum absolute atomic E-state index is 8.89.